The van der Waals surface area contributed by atoms with Crippen molar-refractivity contribution in [3.63, 3.8) is 0 Å². The van der Waals surface area contributed by atoms with Crippen LogP contribution in [0.3, 0.4) is 0 Å². The van der Waals surface area contributed by atoms with E-state index < -0.39 is 0 Å². The van der Waals surface area contributed by atoms with Gasteiger partial charge in [-0.3, -0.25) is 4.79 Å². The van der Waals surface area contributed by atoms with Gasteiger partial charge in [0.15, 0.2) is 0 Å². The molecule has 2 bridgehead atoms. The molecule has 0 radical (unpaired) electrons. The van der Waals surface area contributed by atoms with Crippen molar-refractivity contribution >= 4 is 17.2 Å². The fraction of sp³-hybridized carbons (Fsp3) is 0.462. The standard InChI is InChI=1S/C13H14N4O2S/c18-12(16-9-5-7-1-2-8(9)15-7)10-3-4-11(20-10)13-17-14-6-19-13/h3-4,6-9,15H,1-2,5H2,(H,16,18). The summed E-state index contributed by atoms with van der Waals surface area (Å²) in [5.74, 6) is 0.441. The highest BCUT2D eigenvalue weighted by Crippen LogP contribution is 2.30. The second kappa shape index (κ2) is 4.68. The van der Waals surface area contributed by atoms with E-state index in [1.807, 2.05) is 6.07 Å². The number of rotatable bonds is 3. The van der Waals surface area contributed by atoms with Crippen molar-refractivity contribution in [1.82, 2.24) is 20.8 Å². The first-order chi connectivity index (χ1) is 9.79. The first-order valence-electron chi connectivity index (χ1n) is 6.73. The van der Waals surface area contributed by atoms with Gasteiger partial charge in [0.2, 0.25) is 6.39 Å². The number of hydrogen-bond donors (Lipinski definition) is 2. The van der Waals surface area contributed by atoms with Crippen LogP contribution in [0.1, 0.15) is 28.9 Å². The Kier molecular flexibility index (Phi) is 2.82. The number of carbonyl (C=O) groups is 1. The van der Waals surface area contributed by atoms with Crippen molar-refractivity contribution in [3.05, 3.63) is 23.4 Å². The third kappa shape index (κ3) is 2.03. The molecule has 4 rings (SSSR count). The number of aromatic nitrogens is 2. The van der Waals surface area contributed by atoms with Crippen molar-refractivity contribution in [2.45, 2.75) is 37.4 Å². The van der Waals surface area contributed by atoms with Gasteiger partial charge in [0, 0.05) is 18.1 Å². The lowest BCUT2D eigenvalue weighted by Gasteiger charge is -2.20. The second-order valence-corrected chi connectivity index (χ2v) is 6.35. The Morgan fingerprint density at radius 2 is 2.40 bits per heavy atom. The van der Waals surface area contributed by atoms with E-state index in [0.717, 1.165) is 17.7 Å². The molecule has 2 fully saturated rings. The molecule has 2 aromatic heterocycles. The molecular weight excluding hydrogens is 276 g/mol. The smallest absolute Gasteiger partial charge is 0.261 e. The van der Waals surface area contributed by atoms with Crippen LogP contribution in [0.2, 0.25) is 0 Å². The molecule has 104 valence electrons. The van der Waals surface area contributed by atoms with Gasteiger partial charge in [-0.05, 0) is 31.4 Å². The van der Waals surface area contributed by atoms with Crippen molar-refractivity contribution < 1.29 is 9.21 Å². The van der Waals surface area contributed by atoms with E-state index in [-0.39, 0.29) is 11.9 Å². The van der Waals surface area contributed by atoms with Crippen molar-refractivity contribution in [2.75, 3.05) is 0 Å². The molecule has 2 aliphatic heterocycles. The molecule has 0 aromatic carbocycles. The minimum Gasteiger partial charge on any atom is -0.423 e. The molecule has 2 saturated heterocycles. The first-order valence-corrected chi connectivity index (χ1v) is 7.54. The van der Waals surface area contributed by atoms with E-state index >= 15 is 0 Å². The molecule has 7 heteroatoms. The van der Waals surface area contributed by atoms with E-state index in [2.05, 4.69) is 20.8 Å². The summed E-state index contributed by atoms with van der Waals surface area (Å²) in [5.41, 5.74) is 0. The van der Waals surface area contributed by atoms with Gasteiger partial charge in [-0.15, -0.1) is 21.5 Å². The molecule has 0 spiro atoms. The average molecular weight is 290 g/mol. The molecule has 1 amide bonds. The summed E-state index contributed by atoms with van der Waals surface area (Å²) in [6, 6.07) is 4.93. The topological polar surface area (TPSA) is 80.0 Å². The Hall–Kier alpha value is -1.73. The molecule has 2 N–H and O–H groups in total. The van der Waals surface area contributed by atoms with Crippen molar-refractivity contribution in [1.29, 1.82) is 0 Å². The van der Waals surface area contributed by atoms with E-state index in [9.17, 15) is 4.79 Å². The quantitative estimate of drug-likeness (QED) is 0.893. The van der Waals surface area contributed by atoms with Gasteiger partial charge < -0.3 is 15.1 Å². The highest BCUT2D eigenvalue weighted by atomic mass is 32.1. The van der Waals surface area contributed by atoms with Crippen LogP contribution in [-0.2, 0) is 0 Å². The molecule has 0 aliphatic carbocycles. The number of nitrogens with zero attached hydrogens (tertiary/aromatic N) is 2. The summed E-state index contributed by atoms with van der Waals surface area (Å²) < 4.78 is 5.13. The van der Waals surface area contributed by atoms with Crippen molar-refractivity contribution in [3.8, 4) is 10.8 Å². The van der Waals surface area contributed by atoms with Gasteiger partial charge in [-0.2, -0.15) is 0 Å². The largest absolute Gasteiger partial charge is 0.423 e. The highest BCUT2D eigenvalue weighted by molar-refractivity contribution is 7.17. The Morgan fingerprint density at radius 3 is 3.10 bits per heavy atom. The summed E-state index contributed by atoms with van der Waals surface area (Å²) in [6.45, 7) is 0. The average Bonchev–Trinajstić information content (AvgIpc) is 3.21. The second-order valence-electron chi connectivity index (χ2n) is 5.27. The van der Waals surface area contributed by atoms with E-state index in [1.165, 1.54) is 24.2 Å². The summed E-state index contributed by atoms with van der Waals surface area (Å²) >= 11 is 1.37. The lowest BCUT2D eigenvalue weighted by molar-refractivity contribution is 0.0935. The Morgan fingerprint density at radius 1 is 1.45 bits per heavy atom. The van der Waals surface area contributed by atoms with E-state index in [0.29, 0.717) is 22.9 Å². The summed E-state index contributed by atoms with van der Waals surface area (Å²) in [7, 11) is 0. The van der Waals surface area contributed by atoms with Gasteiger partial charge in [0.1, 0.15) is 0 Å². The molecule has 6 nitrogen and oxygen atoms in total. The zero-order valence-electron chi connectivity index (χ0n) is 10.7. The molecule has 20 heavy (non-hydrogen) atoms. The van der Waals surface area contributed by atoms with Crippen molar-refractivity contribution in [2.24, 2.45) is 0 Å². The van der Waals surface area contributed by atoms with Crippen LogP contribution in [0.5, 0.6) is 0 Å². The summed E-state index contributed by atoms with van der Waals surface area (Å²) in [6.07, 6.45) is 4.72. The fourth-order valence-electron chi connectivity index (χ4n) is 3.08. The van der Waals surface area contributed by atoms with Crippen LogP contribution in [0.25, 0.3) is 10.8 Å². The molecule has 0 saturated carbocycles. The molecule has 3 unspecified atom stereocenters. The predicted octanol–water partition coefficient (Wildman–Crippen LogP) is 1.42. The minimum atomic E-state index is -0.0138. The summed E-state index contributed by atoms with van der Waals surface area (Å²) in [4.78, 5) is 13.8. The molecule has 3 atom stereocenters. The van der Waals surface area contributed by atoms with Gasteiger partial charge >= 0.3 is 0 Å². The Bertz CT molecular complexity index is 624. The lowest BCUT2D eigenvalue weighted by atomic mass is 9.95. The maximum atomic E-state index is 12.3. The number of hydrogen-bond acceptors (Lipinski definition) is 6. The Balaban J connectivity index is 1.46. The SMILES string of the molecule is O=C(NC1CC2CCC1N2)c1ccc(-c2nnco2)s1. The Labute approximate surface area is 119 Å². The predicted molar refractivity (Wildman–Crippen MR) is 73.4 cm³/mol. The summed E-state index contributed by atoms with van der Waals surface area (Å²) in [5, 5.41) is 14.1. The molecule has 2 aromatic rings. The van der Waals surface area contributed by atoms with Crippen LogP contribution in [-0.4, -0.2) is 34.2 Å². The van der Waals surface area contributed by atoms with Gasteiger partial charge in [-0.25, -0.2) is 0 Å². The maximum Gasteiger partial charge on any atom is 0.261 e. The van der Waals surface area contributed by atoms with E-state index in [1.54, 1.807) is 6.07 Å². The van der Waals surface area contributed by atoms with Crippen LogP contribution < -0.4 is 10.6 Å². The maximum absolute atomic E-state index is 12.3. The van der Waals surface area contributed by atoms with Crippen LogP contribution >= 0.6 is 11.3 Å². The van der Waals surface area contributed by atoms with Gasteiger partial charge in [-0.1, -0.05) is 0 Å². The molecule has 4 heterocycles. The third-order valence-electron chi connectivity index (χ3n) is 4.02. The lowest BCUT2D eigenvalue weighted by Crippen LogP contribution is -2.42. The van der Waals surface area contributed by atoms with Crippen LogP contribution in [0, 0.1) is 0 Å². The highest BCUT2D eigenvalue weighted by Gasteiger charge is 2.39. The normalized spacial score (nSPS) is 27.9. The monoisotopic (exact) mass is 290 g/mol. The number of thiophene rings is 1. The first kappa shape index (κ1) is 12.0. The molecular formula is C13H14N4O2S. The molecule has 2 aliphatic rings. The van der Waals surface area contributed by atoms with Crippen LogP contribution in [0.15, 0.2) is 22.9 Å². The van der Waals surface area contributed by atoms with Crippen LogP contribution in [0.4, 0.5) is 0 Å². The van der Waals surface area contributed by atoms with Gasteiger partial charge in [0.25, 0.3) is 11.8 Å². The van der Waals surface area contributed by atoms with Gasteiger partial charge in [0.05, 0.1) is 9.75 Å². The zero-order chi connectivity index (χ0) is 13.5. The minimum absolute atomic E-state index is 0.0138. The third-order valence-corrected chi connectivity index (χ3v) is 5.09. The fourth-order valence-corrected chi connectivity index (χ4v) is 3.92. The number of fused-ring (bicyclic) bond motifs is 2. The number of nitrogens with one attached hydrogen (secondary N) is 2. The number of carbonyl (C=O) groups excluding carboxylic acids is 1. The number of amides is 1. The zero-order valence-corrected chi connectivity index (χ0v) is 11.5. The van der Waals surface area contributed by atoms with E-state index in [4.69, 9.17) is 4.42 Å².